The summed E-state index contributed by atoms with van der Waals surface area (Å²) in [5, 5.41) is 5.55. The normalized spacial score (nSPS) is 20.5. The fourth-order valence-corrected chi connectivity index (χ4v) is 6.05. The third kappa shape index (κ3) is 4.28. The molecular formula is C23H27N3O6S. The van der Waals surface area contributed by atoms with Crippen LogP contribution in [0.3, 0.4) is 0 Å². The Morgan fingerprint density at radius 2 is 2.00 bits per heavy atom. The molecule has 0 saturated carbocycles. The highest BCUT2D eigenvalue weighted by molar-refractivity contribution is 7.89. The smallest absolute Gasteiger partial charge is 0.265 e. The molecule has 0 radical (unpaired) electrons. The Labute approximate surface area is 193 Å². The van der Waals surface area contributed by atoms with Crippen molar-refractivity contribution >= 4 is 33.2 Å². The Balaban J connectivity index is 1.63. The Morgan fingerprint density at radius 3 is 2.73 bits per heavy atom. The molecule has 4 rings (SSSR count). The first kappa shape index (κ1) is 23.1. The SMILES string of the molecule is COc1ccc(C)cc1NC(=O)[C@H]1CCCN1S(=O)(=O)c1cc2c(cc1C)NC(=O)[C@@H](C)O2. The molecule has 2 aliphatic rings. The van der Waals surface area contributed by atoms with Crippen LogP contribution in [-0.4, -0.2) is 50.3 Å². The third-order valence-corrected chi connectivity index (χ3v) is 7.96. The zero-order chi connectivity index (χ0) is 23.9. The average molecular weight is 474 g/mol. The van der Waals surface area contributed by atoms with Crippen molar-refractivity contribution in [2.75, 3.05) is 24.3 Å². The molecule has 176 valence electrons. The molecular weight excluding hydrogens is 446 g/mol. The number of rotatable bonds is 5. The minimum absolute atomic E-state index is 0.0532. The molecule has 1 fully saturated rings. The molecule has 2 N–H and O–H groups in total. The number of benzene rings is 2. The Morgan fingerprint density at radius 1 is 1.24 bits per heavy atom. The van der Waals surface area contributed by atoms with E-state index in [1.807, 2.05) is 13.0 Å². The van der Waals surface area contributed by atoms with Crippen molar-refractivity contribution in [2.24, 2.45) is 0 Å². The number of aryl methyl sites for hydroxylation is 2. The number of nitrogens with zero attached hydrogens (tertiary/aromatic N) is 1. The predicted molar refractivity (Wildman–Crippen MR) is 123 cm³/mol. The fraction of sp³-hybridized carbons (Fsp3) is 0.391. The van der Waals surface area contributed by atoms with Crippen LogP contribution in [0.4, 0.5) is 11.4 Å². The topological polar surface area (TPSA) is 114 Å². The lowest BCUT2D eigenvalue weighted by molar-refractivity contribution is -0.122. The fourth-order valence-electron chi connectivity index (χ4n) is 4.17. The molecule has 2 heterocycles. The molecule has 0 spiro atoms. The van der Waals surface area contributed by atoms with Crippen molar-refractivity contribution in [1.82, 2.24) is 4.31 Å². The first-order valence-electron chi connectivity index (χ1n) is 10.7. The molecule has 0 bridgehead atoms. The number of methoxy groups -OCH3 is 1. The maximum absolute atomic E-state index is 13.6. The molecule has 0 aromatic heterocycles. The van der Waals surface area contributed by atoms with Gasteiger partial charge in [0.25, 0.3) is 5.91 Å². The summed E-state index contributed by atoms with van der Waals surface area (Å²) in [6.07, 6.45) is 0.244. The minimum Gasteiger partial charge on any atom is -0.495 e. The van der Waals surface area contributed by atoms with Crippen LogP contribution < -0.4 is 20.1 Å². The van der Waals surface area contributed by atoms with Crippen LogP contribution in [0.15, 0.2) is 35.2 Å². The van der Waals surface area contributed by atoms with Gasteiger partial charge in [-0.05, 0) is 62.9 Å². The maximum Gasteiger partial charge on any atom is 0.265 e. The van der Waals surface area contributed by atoms with Gasteiger partial charge in [0, 0.05) is 12.6 Å². The zero-order valence-corrected chi connectivity index (χ0v) is 19.8. The minimum atomic E-state index is -4.00. The van der Waals surface area contributed by atoms with Gasteiger partial charge in [0.1, 0.15) is 17.5 Å². The summed E-state index contributed by atoms with van der Waals surface area (Å²) in [7, 11) is -2.48. The predicted octanol–water partition coefficient (Wildman–Crippen LogP) is 2.82. The molecule has 10 heteroatoms. The summed E-state index contributed by atoms with van der Waals surface area (Å²) < 4.78 is 39.4. The number of carbonyl (C=O) groups excluding carboxylic acids is 2. The molecule has 2 atom stereocenters. The number of hydrogen-bond acceptors (Lipinski definition) is 6. The summed E-state index contributed by atoms with van der Waals surface area (Å²) in [6, 6.07) is 7.55. The summed E-state index contributed by atoms with van der Waals surface area (Å²) in [5.41, 5.74) is 2.32. The summed E-state index contributed by atoms with van der Waals surface area (Å²) in [5.74, 6) is 0.0873. The van der Waals surface area contributed by atoms with E-state index in [4.69, 9.17) is 9.47 Å². The van der Waals surface area contributed by atoms with E-state index < -0.39 is 28.1 Å². The van der Waals surface area contributed by atoms with Crippen LogP contribution in [0.25, 0.3) is 0 Å². The van der Waals surface area contributed by atoms with Gasteiger partial charge in [-0.25, -0.2) is 8.42 Å². The van der Waals surface area contributed by atoms with Crippen molar-refractivity contribution in [3.63, 3.8) is 0 Å². The lowest BCUT2D eigenvalue weighted by Gasteiger charge is -2.27. The number of sulfonamides is 1. The van der Waals surface area contributed by atoms with Crippen molar-refractivity contribution in [3.05, 3.63) is 41.5 Å². The Hall–Kier alpha value is -3.11. The van der Waals surface area contributed by atoms with Gasteiger partial charge in [0.05, 0.1) is 23.4 Å². The molecule has 9 nitrogen and oxygen atoms in total. The van der Waals surface area contributed by atoms with Crippen molar-refractivity contribution < 1.29 is 27.5 Å². The number of anilines is 2. The number of amides is 2. The van der Waals surface area contributed by atoms with Crippen molar-refractivity contribution in [3.8, 4) is 11.5 Å². The van der Waals surface area contributed by atoms with E-state index >= 15 is 0 Å². The van der Waals surface area contributed by atoms with Crippen LogP contribution >= 0.6 is 0 Å². The van der Waals surface area contributed by atoms with E-state index in [-0.39, 0.29) is 23.1 Å². The molecule has 1 saturated heterocycles. The number of carbonyl (C=O) groups is 2. The zero-order valence-electron chi connectivity index (χ0n) is 19.0. The first-order chi connectivity index (χ1) is 15.6. The number of nitrogens with one attached hydrogen (secondary N) is 2. The second-order valence-electron chi connectivity index (χ2n) is 8.33. The lowest BCUT2D eigenvalue weighted by atomic mass is 10.1. The van der Waals surface area contributed by atoms with Crippen LogP contribution in [0.5, 0.6) is 11.5 Å². The van der Waals surface area contributed by atoms with Gasteiger partial charge < -0.3 is 20.1 Å². The van der Waals surface area contributed by atoms with Crippen molar-refractivity contribution in [1.29, 1.82) is 0 Å². The molecule has 2 amide bonds. The van der Waals surface area contributed by atoms with Crippen LogP contribution in [0, 0.1) is 13.8 Å². The molecule has 33 heavy (non-hydrogen) atoms. The monoisotopic (exact) mass is 473 g/mol. The van der Waals surface area contributed by atoms with E-state index in [9.17, 15) is 18.0 Å². The summed E-state index contributed by atoms with van der Waals surface area (Å²) in [4.78, 5) is 25.1. The largest absolute Gasteiger partial charge is 0.495 e. The maximum atomic E-state index is 13.6. The molecule has 0 aliphatic carbocycles. The number of ether oxygens (including phenoxy) is 2. The van der Waals surface area contributed by atoms with Gasteiger partial charge in [-0.3, -0.25) is 9.59 Å². The highest BCUT2D eigenvalue weighted by atomic mass is 32.2. The summed E-state index contributed by atoms with van der Waals surface area (Å²) in [6.45, 7) is 5.37. The van der Waals surface area contributed by atoms with Gasteiger partial charge in [-0.1, -0.05) is 6.07 Å². The van der Waals surface area contributed by atoms with Gasteiger partial charge in [0.15, 0.2) is 6.10 Å². The summed E-state index contributed by atoms with van der Waals surface area (Å²) >= 11 is 0. The first-order valence-corrected chi connectivity index (χ1v) is 12.2. The second-order valence-corrected chi connectivity index (χ2v) is 10.2. The van der Waals surface area contributed by atoms with E-state index in [1.54, 1.807) is 32.0 Å². The van der Waals surface area contributed by atoms with Gasteiger partial charge in [-0.15, -0.1) is 0 Å². The third-order valence-electron chi connectivity index (χ3n) is 5.91. The van der Waals surface area contributed by atoms with Crippen LogP contribution in [0.2, 0.25) is 0 Å². The molecule has 0 unspecified atom stereocenters. The quantitative estimate of drug-likeness (QED) is 0.690. The number of hydrogen-bond donors (Lipinski definition) is 2. The van der Waals surface area contributed by atoms with E-state index in [0.29, 0.717) is 35.5 Å². The molecule has 2 aromatic rings. The Kier molecular flexibility index (Phi) is 6.06. The Bertz CT molecular complexity index is 1230. The van der Waals surface area contributed by atoms with Crippen LogP contribution in [0.1, 0.15) is 30.9 Å². The van der Waals surface area contributed by atoms with E-state index in [2.05, 4.69) is 10.6 Å². The highest BCUT2D eigenvalue weighted by Crippen LogP contribution is 2.37. The van der Waals surface area contributed by atoms with Gasteiger partial charge >= 0.3 is 0 Å². The molecule has 2 aliphatic heterocycles. The van der Waals surface area contributed by atoms with Gasteiger partial charge in [0.2, 0.25) is 15.9 Å². The standard InChI is InChI=1S/C23H27N3O6S/c1-13-7-8-19(31-4)16(10-13)25-23(28)18-6-5-9-26(18)33(29,30)21-12-20-17(11-14(21)2)24-22(27)15(3)32-20/h7-8,10-12,15,18H,5-6,9H2,1-4H3,(H,24,27)(H,25,28)/t15-,18-/m1/s1. The van der Waals surface area contributed by atoms with Gasteiger partial charge in [-0.2, -0.15) is 4.31 Å². The average Bonchev–Trinajstić information content (AvgIpc) is 3.26. The van der Waals surface area contributed by atoms with E-state index in [0.717, 1.165) is 5.56 Å². The number of fused-ring (bicyclic) bond motifs is 1. The molecule has 2 aromatic carbocycles. The lowest BCUT2D eigenvalue weighted by Crippen LogP contribution is -2.43. The highest BCUT2D eigenvalue weighted by Gasteiger charge is 2.41. The van der Waals surface area contributed by atoms with E-state index in [1.165, 1.54) is 17.5 Å². The van der Waals surface area contributed by atoms with Crippen LogP contribution in [-0.2, 0) is 19.6 Å². The second kappa shape index (κ2) is 8.68. The van der Waals surface area contributed by atoms with Crippen molar-refractivity contribution in [2.45, 2.75) is 50.7 Å².